The molecule has 2 rings (SSSR count). The Morgan fingerprint density at radius 3 is 2.33 bits per heavy atom. The van der Waals surface area contributed by atoms with Crippen LogP contribution in [0.15, 0.2) is 48.5 Å². The number of ether oxygens (including phenoxy) is 2. The molecule has 0 aliphatic heterocycles. The van der Waals surface area contributed by atoms with Crippen LogP contribution < -0.4 is 14.8 Å². The van der Waals surface area contributed by atoms with Gasteiger partial charge in [0, 0.05) is 6.08 Å². The number of carbonyl (C=O) groups excluding carboxylic acids is 1. The van der Waals surface area contributed by atoms with Crippen LogP contribution in [0.5, 0.6) is 11.5 Å². The number of nitrogens with one attached hydrogen (secondary N) is 1. The molecule has 0 saturated carbocycles. The third-order valence-electron chi connectivity index (χ3n) is 3.41. The Balaban J connectivity index is 1.73. The van der Waals surface area contributed by atoms with Crippen LogP contribution >= 0.6 is 0 Å². The lowest BCUT2D eigenvalue weighted by atomic mass is 10.1. The summed E-state index contributed by atoms with van der Waals surface area (Å²) >= 11 is 0. The quantitative estimate of drug-likeness (QED) is 0.626. The summed E-state index contributed by atoms with van der Waals surface area (Å²) in [4.78, 5) is 11.8. The van der Waals surface area contributed by atoms with E-state index in [4.69, 9.17) is 9.47 Å². The molecule has 0 fully saturated rings. The molecule has 1 N–H and O–H groups in total. The second kappa shape index (κ2) is 8.77. The molecule has 0 aliphatic rings. The largest absolute Gasteiger partial charge is 0.497 e. The highest BCUT2D eigenvalue weighted by atomic mass is 16.5. The Morgan fingerprint density at radius 1 is 1.04 bits per heavy atom. The first kappa shape index (κ1) is 17.6. The molecule has 2 aromatic carbocycles. The highest BCUT2D eigenvalue weighted by Gasteiger charge is 1.99. The van der Waals surface area contributed by atoms with Gasteiger partial charge in [-0.05, 0) is 60.9 Å². The van der Waals surface area contributed by atoms with Gasteiger partial charge in [0.1, 0.15) is 18.1 Å². The Hall–Kier alpha value is -2.75. The van der Waals surface area contributed by atoms with Gasteiger partial charge < -0.3 is 14.8 Å². The molecular formula is C20H23NO3. The Bertz CT molecular complexity index is 685. The fourth-order valence-electron chi connectivity index (χ4n) is 2.31. The highest BCUT2D eigenvalue weighted by Crippen LogP contribution is 2.15. The van der Waals surface area contributed by atoms with Gasteiger partial charge in [-0.1, -0.05) is 18.2 Å². The van der Waals surface area contributed by atoms with Crippen LogP contribution in [0.3, 0.4) is 0 Å². The molecule has 0 spiro atoms. The average Bonchev–Trinajstić information content (AvgIpc) is 2.56. The second-order valence-corrected chi connectivity index (χ2v) is 5.57. The molecule has 0 atom stereocenters. The first-order valence-electron chi connectivity index (χ1n) is 7.88. The summed E-state index contributed by atoms with van der Waals surface area (Å²) in [6.45, 7) is 4.96. The van der Waals surface area contributed by atoms with Crippen molar-refractivity contribution in [1.82, 2.24) is 5.32 Å². The zero-order chi connectivity index (χ0) is 17.4. The number of amides is 1. The van der Waals surface area contributed by atoms with Crippen molar-refractivity contribution in [3.8, 4) is 11.5 Å². The van der Waals surface area contributed by atoms with Crippen molar-refractivity contribution in [2.75, 3.05) is 20.3 Å². The van der Waals surface area contributed by atoms with E-state index in [0.717, 1.165) is 28.2 Å². The number of hydrogen-bond acceptors (Lipinski definition) is 3. The van der Waals surface area contributed by atoms with E-state index in [0.29, 0.717) is 13.2 Å². The Labute approximate surface area is 143 Å². The smallest absolute Gasteiger partial charge is 0.244 e. The lowest BCUT2D eigenvalue weighted by molar-refractivity contribution is -0.116. The Kier molecular flexibility index (Phi) is 6.43. The SMILES string of the molecule is COc1ccc(C=CC(=O)NCCOc2cc(C)cc(C)c2)cc1. The van der Waals surface area contributed by atoms with E-state index < -0.39 is 0 Å². The Morgan fingerprint density at radius 2 is 1.71 bits per heavy atom. The molecule has 1 amide bonds. The van der Waals surface area contributed by atoms with E-state index in [9.17, 15) is 4.79 Å². The lowest BCUT2D eigenvalue weighted by Gasteiger charge is -2.08. The topological polar surface area (TPSA) is 47.6 Å². The second-order valence-electron chi connectivity index (χ2n) is 5.57. The van der Waals surface area contributed by atoms with E-state index in [-0.39, 0.29) is 5.91 Å². The van der Waals surface area contributed by atoms with Crippen molar-refractivity contribution in [1.29, 1.82) is 0 Å². The third-order valence-corrected chi connectivity index (χ3v) is 3.41. The van der Waals surface area contributed by atoms with Gasteiger partial charge in [-0.25, -0.2) is 0 Å². The summed E-state index contributed by atoms with van der Waals surface area (Å²) in [5.74, 6) is 1.48. The molecule has 126 valence electrons. The zero-order valence-corrected chi connectivity index (χ0v) is 14.3. The molecule has 24 heavy (non-hydrogen) atoms. The summed E-state index contributed by atoms with van der Waals surface area (Å²) in [5, 5.41) is 2.80. The minimum Gasteiger partial charge on any atom is -0.497 e. The van der Waals surface area contributed by atoms with Crippen molar-refractivity contribution in [2.24, 2.45) is 0 Å². The van der Waals surface area contributed by atoms with Crippen molar-refractivity contribution in [3.63, 3.8) is 0 Å². The van der Waals surface area contributed by atoms with Gasteiger partial charge >= 0.3 is 0 Å². The first-order chi connectivity index (χ1) is 11.6. The monoisotopic (exact) mass is 325 g/mol. The maximum absolute atomic E-state index is 11.8. The van der Waals surface area contributed by atoms with Gasteiger partial charge in [-0.15, -0.1) is 0 Å². The predicted octanol–water partition coefficient (Wildman–Crippen LogP) is 3.52. The van der Waals surface area contributed by atoms with Crippen LogP contribution in [0.4, 0.5) is 0 Å². The van der Waals surface area contributed by atoms with Crippen molar-refractivity contribution >= 4 is 12.0 Å². The number of methoxy groups -OCH3 is 1. The standard InChI is InChI=1S/C20H23NO3/c1-15-12-16(2)14-19(13-15)24-11-10-21-20(22)9-6-17-4-7-18(23-3)8-5-17/h4-9,12-14H,10-11H2,1-3H3,(H,21,22). The van der Waals surface area contributed by atoms with Crippen molar-refractivity contribution in [3.05, 3.63) is 65.2 Å². The van der Waals surface area contributed by atoms with E-state index in [1.54, 1.807) is 13.2 Å². The van der Waals surface area contributed by atoms with Gasteiger partial charge in [0.2, 0.25) is 5.91 Å². The van der Waals surface area contributed by atoms with Gasteiger partial charge in [-0.3, -0.25) is 4.79 Å². The number of carbonyl (C=O) groups is 1. The van der Waals surface area contributed by atoms with E-state index in [1.807, 2.05) is 50.2 Å². The molecule has 2 aromatic rings. The van der Waals surface area contributed by atoms with Crippen LogP contribution in [-0.2, 0) is 4.79 Å². The normalized spacial score (nSPS) is 10.6. The van der Waals surface area contributed by atoms with E-state index in [1.165, 1.54) is 6.08 Å². The van der Waals surface area contributed by atoms with Crippen LogP contribution in [-0.4, -0.2) is 26.2 Å². The van der Waals surface area contributed by atoms with Gasteiger partial charge in [0.05, 0.1) is 13.7 Å². The number of aryl methyl sites for hydroxylation is 2. The fourth-order valence-corrected chi connectivity index (χ4v) is 2.31. The average molecular weight is 325 g/mol. The minimum atomic E-state index is -0.144. The summed E-state index contributed by atoms with van der Waals surface area (Å²) in [7, 11) is 1.62. The van der Waals surface area contributed by atoms with Gasteiger partial charge in [0.25, 0.3) is 0 Å². The van der Waals surface area contributed by atoms with Crippen LogP contribution in [0.1, 0.15) is 16.7 Å². The molecule has 0 bridgehead atoms. The maximum atomic E-state index is 11.8. The van der Waals surface area contributed by atoms with Crippen molar-refractivity contribution in [2.45, 2.75) is 13.8 Å². The number of hydrogen-bond donors (Lipinski definition) is 1. The minimum absolute atomic E-state index is 0.144. The number of benzene rings is 2. The molecule has 4 heteroatoms. The van der Waals surface area contributed by atoms with Crippen LogP contribution in [0, 0.1) is 13.8 Å². The summed E-state index contributed by atoms with van der Waals surface area (Å²) < 4.78 is 10.7. The van der Waals surface area contributed by atoms with E-state index >= 15 is 0 Å². The van der Waals surface area contributed by atoms with Crippen molar-refractivity contribution < 1.29 is 14.3 Å². The predicted molar refractivity (Wildman–Crippen MR) is 96.4 cm³/mol. The molecular weight excluding hydrogens is 302 g/mol. The van der Waals surface area contributed by atoms with Crippen LogP contribution in [0.25, 0.3) is 6.08 Å². The molecule has 0 unspecified atom stereocenters. The molecule has 0 aliphatic carbocycles. The maximum Gasteiger partial charge on any atom is 0.244 e. The molecule has 0 radical (unpaired) electrons. The molecule has 0 heterocycles. The molecule has 0 saturated heterocycles. The van der Waals surface area contributed by atoms with Gasteiger partial charge in [-0.2, -0.15) is 0 Å². The van der Waals surface area contributed by atoms with E-state index in [2.05, 4.69) is 11.4 Å². The molecule has 0 aromatic heterocycles. The zero-order valence-electron chi connectivity index (χ0n) is 14.3. The van der Waals surface area contributed by atoms with Gasteiger partial charge in [0.15, 0.2) is 0 Å². The lowest BCUT2D eigenvalue weighted by Crippen LogP contribution is -2.26. The fraction of sp³-hybridized carbons (Fsp3) is 0.250. The summed E-state index contributed by atoms with van der Waals surface area (Å²) in [5.41, 5.74) is 3.27. The highest BCUT2D eigenvalue weighted by molar-refractivity contribution is 5.91. The molecule has 4 nitrogen and oxygen atoms in total. The summed E-state index contributed by atoms with van der Waals surface area (Å²) in [6.07, 6.45) is 3.28. The van der Waals surface area contributed by atoms with Crippen LogP contribution in [0.2, 0.25) is 0 Å². The third kappa shape index (κ3) is 5.80. The summed E-state index contributed by atoms with van der Waals surface area (Å²) in [6, 6.07) is 13.6. The number of rotatable bonds is 7. The first-order valence-corrected chi connectivity index (χ1v) is 7.88.